The van der Waals surface area contributed by atoms with Crippen molar-refractivity contribution in [2.45, 2.75) is 6.92 Å². The van der Waals surface area contributed by atoms with Crippen molar-refractivity contribution in [3.8, 4) is 11.5 Å². The Labute approximate surface area is 155 Å². The van der Waals surface area contributed by atoms with Crippen LogP contribution >= 0.6 is 0 Å². The van der Waals surface area contributed by atoms with Crippen LogP contribution < -0.4 is 14.8 Å². The molecule has 4 rings (SSSR count). The first-order valence-corrected chi connectivity index (χ1v) is 8.43. The number of nitrogens with one attached hydrogen (secondary N) is 1. The smallest absolute Gasteiger partial charge is 0.291 e. The van der Waals surface area contributed by atoms with Crippen molar-refractivity contribution < 1.29 is 18.7 Å². The van der Waals surface area contributed by atoms with Gasteiger partial charge in [0, 0.05) is 22.5 Å². The number of para-hydroxylation sites is 1. The van der Waals surface area contributed by atoms with E-state index in [0.717, 1.165) is 22.0 Å². The van der Waals surface area contributed by atoms with Crippen molar-refractivity contribution in [1.29, 1.82) is 0 Å². The van der Waals surface area contributed by atoms with E-state index >= 15 is 0 Å². The molecule has 0 atom stereocenters. The second-order valence-corrected chi connectivity index (χ2v) is 6.09. The fourth-order valence-corrected chi connectivity index (χ4v) is 3.06. The normalized spacial score (nSPS) is 10.9. The number of nitrogens with zero attached hydrogens (tertiary/aromatic N) is 1. The Morgan fingerprint density at radius 3 is 2.63 bits per heavy atom. The lowest BCUT2D eigenvalue weighted by molar-refractivity contribution is 0.0998. The summed E-state index contributed by atoms with van der Waals surface area (Å²) < 4.78 is 16.4. The highest BCUT2D eigenvalue weighted by Crippen LogP contribution is 2.32. The third-order valence-corrected chi connectivity index (χ3v) is 4.44. The summed E-state index contributed by atoms with van der Waals surface area (Å²) in [4.78, 5) is 17.3. The molecule has 2 aromatic heterocycles. The topological polar surface area (TPSA) is 73.6 Å². The van der Waals surface area contributed by atoms with Crippen molar-refractivity contribution in [3.63, 3.8) is 0 Å². The SMILES string of the molecule is COc1ccc(NC(=O)c2cc3c(C)nc4ccccc4c3o2)c(OC)c1. The molecule has 1 N–H and O–H groups in total. The summed E-state index contributed by atoms with van der Waals surface area (Å²) >= 11 is 0. The summed E-state index contributed by atoms with van der Waals surface area (Å²) in [5.74, 6) is 0.992. The van der Waals surface area contributed by atoms with Crippen molar-refractivity contribution in [1.82, 2.24) is 4.98 Å². The van der Waals surface area contributed by atoms with E-state index in [1.807, 2.05) is 31.2 Å². The van der Waals surface area contributed by atoms with E-state index in [1.165, 1.54) is 7.11 Å². The minimum atomic E-state index is -0.363. The van der Waals surface area contributed by atoms with Crippen LogP contribution in [0.15, 0.2) is 52.9 Å². The number of aryl methyl sites for hydroxylation is 1. The number of carbonyl (C=O) groups is 1. The second kappa shape index (κ2) is 6.64. The Kier molecular flexibility index (Phi) is 4.16. The molecule has 0 saturated carbocycles. The van der Waals surface area contributed by atoms with Gasteiger partial charge in [-0.2, -0.15) is 0 Å². The quantitative estimate of drug-likeness (QED) is 0.576. The minimum Gasteiger partial charge on any atom is -0.497 e. The van der Waals surface area contributed by atoms with Gasteiger partial charge >= 0.3 is 0 Å². The molecule has 0 fully saturated rings. The van der Waals surface area contributed by atoms with Crippen LogP contribution in [0.3, 0.4) is 0 Å². The molecule has 136 valence electrons. The summed E-state index contributed by atoms with van der Waals surface area (Å²) in [6.45, 7) is 1.90. The van der Waals surface area contributed by atoms with Crippen LogP contribution in [0.25, 0.3) is 21.9 Å². The van der Waals surface area contributed by atoms with Crippen LogP contribution in [0, 0.1) is 6.92 Å². The molecule has 0 aliphatic heterocycles. The summed E-state index contributed by atoms with van der Waals surface area (Å²) in [6, 6.07) is 14.6. The fraction of sp³-hybridized carbons (Fsp3) is 0.143. The highest BCUT2D eigenvalue weighted by atomic mass is 16.5. The number of aromatic nitrogens is 1. The average Bonchev–Trinajstić information content (AvgIpc) is 3.15. The lowest BCUT2D eigenvalue weighted by Crippen LogP contribution is -2.11. The lowest BCUT2D eigenvalue weighted by Gasteiger charge is -2.10. The highest BCUT2D eigenvalue weighted by molar-refractivity contribution is 6.09. The number of amides is 1. The number of methoxy groups -OCH3 is 2. The second-order valence-electron chi connectivity index (χ2n) is 6.09. The van der Waals surface area contributed by atoms with Gasteiger partial charge in [0.25, 0.3) is 5.91 Å². The van der Waals surface area contributed by atoms with Crippen LogP contribution in [0.4, 0.5) is 5.69 Å². The standard InChI is InChI=1S/C21H18N2O4/c1-12-15-11-19(27-20(15)14-6-4-5-7-16(14)22-12)21(24)23-17-9-8-13(25-2)10-18(17)26-3/h4-11H,1-3H3,(H,23,24). The molecule has 4 aromatic rings. The van der Waals surface area contributed by atoms with Crippen LogP contribution in [0.1, 0.15) is 16.2 Å². The molecule has 27 heavy (non-hydrogen) atoms. The zero-order chi connectivity index (χ0) is 19.0. The summed E-state index contributed by atoms with van der Waals surface area (Å²) in [6.07, 6.45) is 0. The molecule has 6 nitrogen and oxygen atoms in total. The fourth-order valence-electron chi connectivity index (χ4n) is 3.06. The monoisotopic (exact) mass is 362 g/mol. The first kappa shape index (κ1) is 16.9. The average molecular weight is 362 g/mol. The Morgan fingerprint density at radius 2 is 1.85 bits per heavy atom. The zero-order valence-electron chi connectivity index (χ0n) is 15.2. The number of ether oxygens (including phenoxy) is 2. The van der Waals surface area contributed by atoms with E-state index in [2.05, 4.69) is 10.3 Å². The van der Waals surface area contributed by atoms with E-state index in [9.17, 15) is 4.79 Å². The zero-order valence-corrected chi connectivity index (χ0v) is 15.2. The van der Waals surface area contributed by atoms with Gasteiger partial charge in [0.15, 0.2) is 5.76 Å². The van der Waals surface area contributed by atoms with Crippen LogP contribution in [-0.4, -0.2) is 25.1 Å². The molecule has 0 aliphatic carbocycles. The third kappa shape index (κ3) is 2.95. The molecule has 0 unspecified atom stereocenters. The molecule has 0 bridgehead atoms. The van der Waals surface area contributed by atoms with Crippen molar-refractivity contribution >= 4 is 33.5 Å². The molecular formula is C21H18N2O4. The maximum Gasteiger partial charge on any atom is 0.291 e. The maximum atomic E-state index is 12.7. The van der Waals surface area contributed by atoms with E-state index in [1.54, 1.807) is 31.4 Å². The molecule has 6 heteroatoms. The predicted molar refractivity (Wildman–Crippen MR) is 104 cm³/mol. The molecule has 2 aromatic carbocycles. The van der Waals surface area contributed by atoms with Gasteiger partial charge in [0.05, 0.1) is 25.4 Å². The van der Waals surface area contributed by atoms with Crippen molar-refractivity contribution in [2.24, 2.45) is 0 Å². The number of rotatable bonds is 4. The lowest BCUT2D eigenvalue weighted by atomic mass is 10.1. The summed E-state index contributed by atoms with van der Waals surface area (Å²) in [5.41, 5.74) is 2.84. The van der Waals surface area contributed by atoms with E-state index in [-0.39, 0.29) is 11.7 Å². The Hall–Kier alpha value is -3.54. The Morgan fingerprint density at radius 1 is 1.04 bits per heavy atom. The van der Waals surface area contributed by atoms with Gasteiger partial charge in [-0.05, 0) is 37.3 Å². The molecule has 0 aliphatic rings. The Bertz CT molecular complexity index is 1160. The van der Waals surface area contributed by atoms with E-state index in [0.29, 0.717) is 22.8 Å². The van der Waals surface area contributed by atoms with Gasteiger partial charge in [-0.1, -0.05) is 12.1 Å². The summed E-state index contributed by atoms with van der Waals surface area (Å²) in [5, 5.41) is 4.52. The predicted octanol–water partition coefficient (Wildman–Crippen LogP) is 4.56. The molecular weight excluding hydrogens is 344 g/mol. The first-order chi connectivity index (χ1) is 13.1. The van der Waals surface area contributed by atoms with Gasteiger partial charge in [-0.25, -0.2) is 0 Å². The number of fused-ring (bicyclic) bond motifs is 3. The molecule has 1 amide bonds. The number of hydrogen-bond donors (Lipinski definition) is 1. The van der Waals surface area contributed by atoms with Gasteiger partial charge in [0.2, 0.25) is 0 Å². The molecule has 0 radical (unpaired) electrons. The molecule has 0 saturated heterocycles. The number of hydrogen-bond acceptors (Lipinski definition) is 5. The van der Waals surface area contributed by atoms with Crippen LogP contribution in [0.2, 0.25) is 0 Å². The van der Waals surface area contributed by atoms with Gasteiger partial charge in [0.1, 0.15) is 17.1 Å². The molecule has 2 heterocycles. The van der Waals surface area contributed by atoms with Crippen LogP contribution in [-0.2, 0) is 0 Å². The minimum absolute atomic E-state index is 0.212. The third-order valence-electron chi connectivity index (χ3n) is 4.44. The number of furan rings is 1. The van der Waals surface area contributed by atoms with Gasteiger partial charge in [-0.3, -0.25) is 9.78 Å². The van der Waals surface area contributed by atoms with Gasteiger partial charge < -0.3 is 19.2 Å². The van der Waals surface area contributed by atoms with Crippen molar-refractivity contribution in [3.05, 3.63) is 60.0 Å². The number of anilines is 1. The Balaban J connectivity index is 1.73. The molecule has 0 spiro atoms. The highest BCUT2D eigenvalue weighted by Gasteiger charge is 2.18. The van der Waals surface area contributed by atoms with Crippen LogP contribution in [0.5, 0.6) is 11.5 Å². The largest absolute Gasteiger partial charge is 0.497 e. The number of benzene rings is 2. The number of pyridine rings is 1. The number of carbonyl (C=O) groups excluding carboxylic acids is 1. The summed E-state index contributed by atoms with van der Waals surface area (Å²) in [7, 11) is 3.11. The van der Waals surface area contributed by atoms with E-state index in [4.69, 9.17) is 13.9 Å². The van der Waals surface area contributed by atoms with Gasteiger partial charge in [-0.15, -0.1) is 0 Å². The van der Waals surface area contributed by atoms with E-state index < -0.39 is 0 Å². The maximum absolute atomic E-state index is 12.7. The van der Waals surface area contributed by atoms with Crippen molar-refractivity contribution in [2.75, 3.05) is 19.5 Å². The first-order valence-electron chi connectivity index (χ1n) is 8.43.